The number of fused-ring (bicyclic) bond motifs is 1. The van der Waals surface area contributed by atoms with Crippen LogP contribution in [0.2, 0.25) is 0 Å². The lowest BCUT2D eigenvalue weighted by Gasteiger charge is -2.42. The molecule has 3 heteroatoms. The van der Waals surface area contributed by atoms with Gasteiger partial charge in [0.05, 0.1) is 5.60 Å². The van der Waals surface area contributed by atoms with Gasteiger partial charge in [0.25, 0.3) is 0 Å². The van der Waals surface area contributed by atoms with Gasteiger partial charge in [0.2, 0.25) is 0 Å². The van der Waals surface area contributed by atoms with E-state index in [1.807, 2.05) is 0 Å². The highest BCUT2D eigenvalue weighted by molar-refractivity contribution is 7.09. The smallest absolute Gasteiger partial charge is 0.136 e. The summed E-state index contributed by atoms with van der Waals surface area (Å²) in [5, 5.41) is 0. The maximum absolute atomic E-state index is 12.2. The lowest BCUT2D eigenvalue weighted by molar-refractivity contribution is -0.130. The lowest BCUT2D eigenvalue weighted by Crippen LogP contribution is -2.39. The number of carbonyl (C=O) groups is 1. The Bertz CT molecular complexity index is 379. The minimum atomic E-state index is -0.0344. The Morgan fingerprint density at radius 3 is 2.81 bits per heavy atom. The molecule has 0 aromatic carbocycles. The van der Waals surface area contributed by atoms with Gasteiger partial charge in [-0.2, -0.15) is 0 Å². The number of ketones is 1. The predicted molar refractivity (Wildman–Crippen MR) is 91.1 cm³/mol. The Kier molecular flexibility index (Phi) is 5.53. The Balaban J connectivity index is 1.91. The van der Waals surface area contributed by atoms with Gasteiger partial charge in [-0.1, -0.05) is 26.7 Å². The predicted octanol–water partition coefficient (Wildman–Crippen LogP) is 5.16. The van der Waals surface area contributed by atoms with Crippen molar-refractivity contribution in [3.8, 4) is 0 Å². The molecule has 2 rings (SSSR count). The van der Waals surface area contributed by atoms with Crippen molar-refractivity contribution in [1.29, 1.82) is 0 Å². The Morgan fingerprint density at radius 1 is 1.43 bits per heavy atom. The summed E-state index contributed by atoms with van der Waals surface area (Å²) in [4.78, 5) is 12.2. The summed E-state index contributed by atoms with van der Waals surface area (Å²) >= 11 is 0. The molecule has 2 nitrogen and oxygen atoms in total. The fraction of sp³-hybridized carbons (Fsp3) is 0.944. The molecular weight excluding hydrogens is 279 g/mol. The zero-order chi connectivity index (χ0) is 15.7. The third-order valence-electron chi connectivity index (χ3n) is 6.38. The van der Waals surface area contributed by atoms with Crippen molar-refractivity contribution < 1.29 is 9.32 Å². The van der Waals surface area contributed by atoms with E-state index in [9.17, 15) is 4.79 Å². The second-order valence-corrected chi connectivity index (χ2v) is 8.54. The van der Waals surface area contributed by atoms with E-state index >= 15 is 0 Å². The molecule has 2 aliphatic carbocycles. The molecule has 2 saturated carbocycles. The van der Waals surface area contributed by atoms with Crippen LogP contribution in [0.1, 0.15) is 79.1 Å². The van der Waals surface area contributed by atoms with Gasteiger partial charge in [0.1, 0.15) is 5.78 Å². The molecule has 0 amide bonds. The standard InChI is InChI=1S/C18H33O2P/c1-13(7-5-11-17(2,3)20-21)14-9-10-15-16(19)8-6-12-18(14,15)4/h13-15H,5-12,21H2,1-4H3/t13-,14?,15?,18-/m1/s1. The van der Waals surface area contributed by atoms with Gasteiger partial charge < -0.3 is 4.52 Å². The van der Waals surface area contributed by atoms with Crippen LogP contribution in [-0.4, -0.2) is 11.4 Å². The van der Waals surface area contributed by atoms with Crippen LogP contribution in [0.4, 0.5) is 0 Å². The molecule has 21 heavy (non-hydrogen) atoms. The zero-order valence-corrected chi connectivity index (χ0v) is 15.4. The van der Waals surface area contributed by atoms with Crippen molar-refractivity contribution in [2.75, 3.05) is 0 Å². The molecule has 5 atom stereocenters. The first kappa shape index (κ1) is 17.4. The van der Waals surface area contributed by atoms with Gasteiger partial charge in [-0.05, 0) is 63.2 Å². The van der Waals surface area contributed by atoms with Crippen molar-refractivity contribution in [1.82, 2.24) is 0 Å². The molecule has 3 unspecified atom stereocenters. The van der Waals surface area contributed by atoms with Crippen molar-refractivity contribution in [3.63, 3.8) is 0 Å². The van der Waals surface area contributed by atoms with E-state index in [0.29, 0.717) is 17.1 Å². The summed E-state index contributed by atoms with van der Waals surface area (Å²) in [6, 6.07) is 0. The van der Waals surface area contributed by atoms with Crippen LogP contribution in [0.25, 0.3) is 0 Å². The third kappa shape index (κ3) is 3.70. The van der Waals surface area contributed by atoms with E-state index in [0.717, 1.165) is 37.5 Å². The molecule has 2 aliphatic rings. The SMILES string of the molecule is C[C@H](CCCC(C)(C)OP)C1CCC2C(=O)CCC[C@@]21C. The third-order valence-corrected chi connectivity index (χ3v) is 7.02. The number of Topliss-reactive ketones (excluding diaryl/α,β-unsaturated/α-hetero) is 1. The quantitative estimate of drug-likeness (QED) is 0.633. The molecule has 0 aromatic heterocycles. The highest BCUT2D eigenvalue weighted by Crippen LogP contribution is 2.57. The first-order valence-electron chi connectivity index (χ1n) is 8.71. The summed E-state index contributed by atoms with van der Waals surface area (Å²) in [7, 11) is 2.39. The van der Waals surface area contributed by atoms with E-state index in [-0.39, 0.29) is 5.60 Å². The molecule has 0 N–H and O–H groups in total. The van der Waals surface area contributed by atoms with Gasteiger partial charge in [-0.3, -0.25) is 4.79 Å². The normalized spacial score (nSPS) is 34.8. The van der Waals surface area contributed by atoms with Crippen LogP contribution in [0.5, 0.6) is 0 Å². The molecule has 0 heterocycles. The van der Waals surface area contributed by atoms with E-state index in [2.05, 4.69) is 37.2 Å². The number of hydrogen-bond acceptors (Lipinski definition) is 2. The summed E-state index contributed by atoms with van der Waals surface area (Å²) < 4.78 is 5.44. The molecular formula is C18H33O2P. The highest BCUT2D eigenvalue weighted by Gasteiger charge is 2.52. The summed E-state index contributed by atoms with van der Waals surface area (Å²) in [5.41, 5.74) is 0.259. The zero-order valence-electron chi connectivity index (χ0n) is 14.3. The fourth-order valence-corrected chi connectivity index (χ4v) is 5.13. The van der Waals surface area contributed by atoms with Gasteiger partial charge in [-0.15, -0.1) is 0 Å². The molecule has 0 radical (unpaired) electrons. The topological polar surface area (TPSA) is 26.3 Å². The lowest BCUT2D eigenvalue weighted by atomic mass is 9.62. The maximum atomic E-state index is 12.2. The van der Waals surface area contributed by atoms with E-state index in [4.69, 9.17) is 4.52 Å². The van der Waals surface area contributed by atoms with E-state index < -0.39 is 0 Å². The largest absolute Gasteiger partial charge is 0.360 e. The molecule has 122 valence electrons. The van der Waals surface area contributed by atoms with Gasteiger partial charge in [0.15, 0.2) is 0 Å². The second-order valence-electron chi connectivity index (χ2n) is 8.31. The minimum absolute atomic E-state index is 0.0344. The molecule has 0 saturated heterocycles. The fourth-order valence-electron chi connectivity index (χ4n) is 5.01. The first-order valence-corrected chi connectivity index (χ1v) is 9.18. The Hall–Kier alpha value is 0.0600. The highest BCUT2D eigenvalue weighted by atomic mass is 31.0. The summed E-state index contributed by atoms with van der Waals surface area (Å²) in [6.45, 7) is 9.11. The number of carbonyl (C=O) groups excluding carboxylic acids is 1. The average molecular weight is 312 g/mol. The molecule has 0 aromatic rings. The van der Waals surface area contributed by atoms with Crippen molar-refractivity contribution in [2.24, 2.45) is 23.2 Å². The Morgan fingerprint density at radius 2 is 2.14 bits per heavy atom. The van der Waals surface area contributed by atoms with Gasteiger partial charge in [-0.25, -0.2) is 0 Å². The molecule has 0 aliphatic heterocycles. The van der Waals surface area contributed by atoms with Crippen LogP contribution in [0, 0.1) is 23.2 Å². The van der Waals surface area contributed by atoms with Gasteiger partial charge >= 0.3 is 0 Å². The minimum Gasteiger partial charge on any atom is -0.360 e. The Labute approximate surface area is 133 Å². The molecule has 2 fully saturated rings. The number of rotatable bonds is 6. The van der Waals surface area contributed by atoms with Gasteiger partial charge in [0, 0.05) is 21.8 Å². The first-order chi connectivity index (χ1) is 9.80. The molecule has 0 spiro atoms. The van der Waals surface area contributed by atoms with Crippen LogP contribution in [0.15, 0.2) is 0 Å². The van der Waals surface area contributed by atoms with Crippen molar-refractivity contribution >= 4 is 15.2 Å². The van der Waals surface area contributed by atoms with Crippen molar-refractivity contribution in [2.45, 2.75) is 84.7 Å². The summed E-state index contributed by atoms with van der Waals surface area (Å²) in [6.07, 6.45) is 9.20. The van der Waals surface area contributed by atoms with Crippen LogP contribution in [-0.2, 0) is 9.32 Å². The van der Waals surface area contributed by atoms with Crippen molar-refractivity contribution in [3.05, 3.63) is 0 Å². The monoisotopic (exact) mass is 312 g/mol. The average Bonchev–Trinajstić information content (AvgIpc) is 2.77. The van der Waals surface area contributed by atoms with Crippen LogP contribution >= 0.6 is 9.47 Å². The summed E-state index contributed by atoms with van der Waals surface area (Å²) in [5.74, 6) is 2.39. The maximum Gasteiger partial charge on any atom is 0.136 e. The van der Waals surface area contributed by atoms with Crippen LogP contribution < -0.4 is 0 Å². The number of hydrogen-bond donors (Lipinski definition) is 0. The van der Waals surface area contributed by atoms with E-state index in [1.54, 1.807) is 0 Å². The second kappa shape index (κ2) is 6.67. The molecule has 0 bridgehead atoms. The van der Waals surface area contributed by atoms with Crippen LogP contribution in [0.3, 0.4) is 0 Å². The van der Waals surface area contributed by atoms with E-state index in [1.165, 1.54) is 25.7 Å².